The first kappa shape index (κ1) is 10.1. The smallest absolute Gasteiger partial charge is 0.168 e. The van der Waals surface area contributed by atoms with Crippen LogP contribution in [0.1, 0.15) is 12.8 Å². The van der Waals surface area contributed by atoms with Crippen LogP contribution in [-0.2, 0) is 0 Å². The maximum absolute atomic E-state index is 13.4. The fourth-order valence-electron chi connectivity index (χ4n) is 1.51. The Labute approximate surface area is 87.1 Å². The van der Waals surface area contributed by atoms with Gasteiger partial charge in [-0.1, -0.05) is 0 Å². The SMILES string of the molecule is CNc1nc(N(C)C2CC2)c(F)cc1F. The number of halogens is 2. The zero-order valence-corrected chi connectivity index (χ0v) is 8.72. The average Bonchev–Trinajstić information content (AvgIpc) is 3.00. The molecule has 3 nitrogen and oxygen atoms in total. The van der Waals surface area contributed by atoms with Crippen LogP contribution in [0.25, 0.3) is 0 Å². The van der Waals surface area contributed by atoms with Crippen molar-refractivity contribution in [3.05, 3.63) is 17.7 Å². The lowest BCUT2D eigenvalue weighted by Gasteiger charge is -2.18. The molecule has 82 valence electrons. The molecule has 5 heteroatoms. The third-order valence-electron chi connectivity index (χ3n) is 2.58. The molecule has 0 aromatic carbocycles. The van der Waals surface area contributed by atoms with Gasteiger partial charge in [-0.05, 0) is 12.8 Å². The summed E-state index contributed by atoms with van der Waals surface area (Å²) < 4.78 is 26.6. The lowest BCUT2D eigenvalue weighted by molar-refractivity contribution is 0.573. The second kappa shape index (κ2) is 3.64. The van der Waals surface area contributed by atoms with Crippen molar-refractivity contribution in [3.63, 3.8) is 0 Å². The molecule has 1 heterocycles. The Hall–Kier alpha value is -1.39. The van der Waals surface area contributed by atoms with Crippen LogP contribution in [-0.4, -0.2) is 25.1 Å². The molecule has 2 rings (SSSR count). The fraction of sp³-hybridized carbons (Fsp3) is 0.500. The summed E-state index contributed by atoms with van der Waals surface area (Å²) >= 11 is 0. The van der Waals surface area contributed by atoms with Crippen LogP contribution in [0.3, 0.4) is 0 Å². The maximum Gasteiger partial charge on any atom is 0.168 e. The van der Waals surface area contributed by atoms with Gasteiger partial charge in [0.2, 0.25) is 0 Å². The number of hydrogen-bond donors (Lipinski definition) is 1. The van der Waals surface area contributed by atoms with E-state index < -0.39 is 11.6 Å². The highest BCUT2D eigenvalue weighted by Gasteiger charge is 2.29. The van der Waals surface area contributed by atoms with Crippen LogP contribution in [0.2, 0.25) is 0 Å². The summed E-state index contributed by atoms with van der Waals surface area (Å²) in [5, 5.41) is 2.60. The minimum atomic E-state index is -0.664. The molecular weight excluding hydrogens is 200 g/mol. The Morgan fingerprint density at radius 3 is 2.60 bits per heavy atom. The topological polar surface area (TPSA) is 28.2 Å². The molecular formula is C10H13F2N3. The number of nitrogens with one attached hydrogen (secondary N) is 1. The van der Waals surface area contributed by atoms with Gasteiger partial charge in [0.25, 0.3) is 0 Å². The molecule has 1 aliphatic carbocycles. The van der Waals surface area contributed by atoms with Crippen molar-refractivity contribution in [2.75, 3.05) is 24.3 Å². The fourth-order valence-corrected chi connectivity index (χ4v) is 1.51. The molecule has 0 atom stereocenters. The second-order valence-corrected chi connectivity index (χ2v) is 3.72. The Balaban J connectivity index is 2.36. The Kier molecular flexibility index (Phi) is 2.46. The molecule has 1 N–H and O–H groups in total. The average molecular weight is 213 g/mol. The lowest BCUT2D eigenvalue weighted by Crippen LogP contribution is -2.22. The van der Waals surface area contributed by atoms with Crippen molar-refractivity contribution in [3.8, 4) is 0 Å². The molecule has 1 aliphatic rings. The van der Waals surface area contributed by atoms with Crippen molar-refractivity contribution in [2.24, 2.45) is 0 Å². The zero-order chi connectivity index (χ0) is 11.0. The quantitative estimate of drug-likeness (QED) is 0.832. The molecule has 0 spiro atoms. The molecule has 0 unspecified atom stereocenters. The number of nitrogens with zero attached hydrogens (tertiary/aromatic N) is 2. The molecule has 1 aromatic heterocycles. The van der Waals surface area contributed by atoms with Gasteiger partial charge in [0.05, 0.1) is 0 Å². The predicted octanol–water partition coefficient (Wildman–Crippen LogP) is 2.00. The van der Waals surface area contributed by atoms with E-state index in [2.05, 4.69) is 10.3 Å². The highest BCUT2D eigenvalue weighted by molar-refractivity contribution is 5.49. The van der Waals surface area contributed by atoms with Gasteiger partial charge in [-0.3, -0.25) is 0 Å². The Bertz CT molecular complexity index is 377. The Morgan fingerprint density at radius 2 is 2.07 bits per heavy atom. The van der Waals surface area contributed by atoms with Gasteiger partial charge < -0.3 is 10.2 Å². The number of rotatable bonds is 3. The number of aromatic nitrogens is 1. The van der Waals surface area contributed by atoms with E-state index >= 15 is 0 Å². The third kappa shape index (κ3) is 1.86. The van der Waals surface area contributed by atoms with Crippen LogP contribution in [0.5, 0.6) is 0 Å². The van der Waals surface area contributed by atoms with Gasteiger partial charge in [0.15, 0.2) is 23.3 Å². The molecule has 0 aliphatic heterocycles. The molecule has 0 amide bonds. The van der Waals surface area contributed by atoms with Crippen molar-refractivity contribution in [1.82, 2.24) is 4.98 Å². The minimum Gasteiger partial charge on any atom is -0.371 e. The molecule has 0 radical (unpaired) electrons. The van der Waals surface area contributed by atoms with E-state index in [1.807, 2.05) is 0 Å². The first-order valence-corrected chi connectivity index (χ1v) is 4.90. The molecule has 0 saturated heterocycles. The summed E-state index contributed by atoms with van der Waals surface area (Å²) in [6.07, 6.45) is 2.09. The summed E-state index contributed by atoms with van der Waals surface area (Å²) in [5.41, 5.74) is 0. The monoisotopic (exact) mass is 213 g/mol. The minimum absolute atomic E-state index is 0.0823. The first-order chi connectivity index (χ1) is 7.13. The van der Waals surface area contributed by atoms with E-state index in [0.29, 0.717) is 6.04 Å². The largest absolute Gasteiger partial charge is 0.371 e. The van der Waals surface area contributed by atoms with Crippen LogP contribution in [0.4, 0.5) is 20.4 Å². The summed E-state index contributed by atoms with van der Waals surface area (Å²) in [4.78, 5) is 5.68. The summed E-state index contributed by atoms with van der Waals surface area (Å²) in [5.74, 6) is -0.981. The zero-order valence-electron chi connectivity index (χ0n) is 8.72. The summed E-state index contributed by atoms with van der Waals surface area (Å²) in [6, 6.07) is 1.22. The summed E-state index contributed by atoms with van der Waals surface area (Å²) in [6.45, 7) is 0. The van der Waals surface area contributed by atoms with Crippen molar-refractivity contribution < 1.29 is 8.78 Å². The van der Waals surface area contributed by atoms with Crippen LogP contribution >= 0.6 is 0 Å². The standard InChI is InChI=1S/C10H13F2N3/c1-13-9-7(11)5-8(12)10(14-9)15(2)6-3-4-6/h5-6H,3-4H2,1-2H3,(H,13,14). The normalized spacial score (nSPS) is 15.2. The van der Waals surface area contributed by atoms with E-state index in [1.165, 1.54) is 0 Å². The van der Waals surface area contributed by atoms with Crippen molar-refractivity contribution >= 4 is 11.6 Å². The predicted molar refractivity (Wildman–Crippen MR) is 55.1 cm³/mol. The second-order valence-electron chi connectivity index (χ2n) is 3.72. The molecule has 1 fully saturated rings. The van der Waals surface area contributed by atoms with Crippen LogP contribution in [0.15, 0.2) is 6.07 Å². The molecule has 1 aromatic rings. The Morgan fingerprint density at radius 1 is 1.40 bits per heavy atom. The number of pyridine rings is 1. The van der Waals surface area contributed by atoms with Crippen molar-refractivity contribution in [1.29, 1.82) is 0 Å². The highest BCUT2D eigenvalue weighted by atomic mass is 19.1. The molecule has 0 bridgehead atoms. The van der Waals surface area contributed by atoms with E-state index in [1.54, 1.807) is 19.0 Å². The van der Waals surface area contributed by atoms with Crippen LogP contribution in [0, 0.1) is 11.6 Å². The van der Waals surface area contributed by atoms with Gasteiger partial charge in [0, 0.05) is 26.2 Å². The summed E-state index contributed by atoms with van der Waals surface area (Å²) in [7, 11) is 3.34. The molecule has 1 saturated carbocycles. The highest BCUT2D eigenvalue weighted by Crippen LogP contribution is 2.31. The van der Waals surface area contributed by atoms with Gasteiger partial charge in [-0.15, -0.1) is 0 Å². The lowest BCUT2D eigenvalue weighted by atomic mass is 10.3. The number of anilines is 2. The van der Waals surface area contributed by atoms with Gasteiger partial charge >= 0.3 is 0 Å². The van der Waals surface area contributed by atoms with E-state index in [4.69, 9.17) is 0 Å². The third-order valence-corrected chi connectivity index (χ3v) is 2.58. The van der Waals surface area contributed by atoms with E-state index in [9.17, 15) is 8.78 Å². The molecule has 15 heavy (non-hydrogen) atoms. The van der Waals surface area contributed by atoms with Gasteiger partial charge in [0.1, 0.15) is 0 Å². The maximum atomic E-state index is 13.4. The number of hydrogen-bond acceptors (Lipinski definition) is 3. The van der Waals surface area contributed by atoms with E-state index in [-0.39, 0.29) is 11.6 Å². The van der Waals surface area contributed by atoms with E-state index in [0.717, 1.165) is 18.9 Å². The van der Waals surface area contributed by atoms with Gasteiger partial charge in [-0.25, -0.2) is 13.8 Å². The first-order valence-electron chi connectivity index (χ1n) is 4.90. The van der Waals surface area contributed by atoms with Crippen LogP contribution < -0.4 is 10.2 Å². The van der Waals surface area contributed by atoms with Gasteiger partial charge in [-0.2, -0.15) is 0 Å². The van der Waals surface area contributed by atoms with Crippen molar-refractivity contribution in [2.45, 2.75) is 18.9 Å².